The summed E-state index contributed by atoms with van der Waals surface area (Å²) >= 11 is 0. The molecule has 0 bridgehead atoms. The van der Waals surface area contributed by atoms with Crippen LogP contribution in [0, 0.1) is 5.82 Å². The van der Waals surface area contributed by atoms with E-state index in [9.17, 15) is 18.0 Å². The first-order valence-electron chi connectivity index (χ1n) is 12.0. The molecule has 1 aliphatic heterocycles. The molecular formula is C25H30F4N6O3. The first-order chi connectivity index (χ1) is 18.0. The predicted molar refractivity (Wildman–Crippen MR) is 136 cm³/mol. The molecule has 0 aliphatic carbocycles. The zero-order valence-electron chi connectivity index (χ0n) is 21.3. The van der Waals surface area contributed by atoms with Crippen LogP contribution >= 0.6 is 0 Å². The molecule has 0 unspecified atom stereocenters. The molecule has 1 aromatic carbocycles. The highest BCUT2D eigenvalue weighted by Gasteiger charge is 2.35. The number of anilines is 3. The van der Waals surface area contributed by atoms with Gasteiger partial charge in [0.2, 0.25) is 0 Å². The molecule has 9 nitrogen and oxygen atoms in total. The van der Waals surface area contributed by atoms with Crippen LogP contribution in [-0.2, 0) is 10.9 Å². The van der Waals surface area contributed by atoms with Crippen molar-refractivity contribution in [1.82, 2.24) is 14.9 Å². The lowest BCUT2D eigenvalue weighted by Crippen LogP contribution is -2.30. The van der Waals surface area contributed by atoms with E-state index in [0.29, 0.717) is 25.9 Å². The molecule has 1 aliphatic rings. The van der Waals surface area contributed by atoms with E-state index >= 15 is 4.39 Å². The second kappa shape index (κ2) is 11.0. The quantitative estimate of drug-likeness (QED) is 0.235. The van der Waals surface area contributed by atoms with Crippen molar-refractivity contribution in [3.63, 3.8) is 0 Å². The number of carbonyl (C=O) groups is 1. The Morgan fingerprint density at radius 1 is 1.26 bits per heavy atom. The number of primary amides is 1. The number of alkyl halides is 3. The van der Waals surface area contributed by atoms with Crippen molar-refractivity contribution in [3.05, 3.63) is 40.8 Å². The van der Waals surface area contributed by atoms with Crippen molar-refractivity contribution >= 4 is 34.1 Å². The number of hydrogen-bond donors (Lipinski definition) is 4. The molecule has 0 spiro atoms. The number of likely N-dealkylation sites (tertiary alicyclic amines) is 1. The second-order valence-electron chi connectivity index (χ2n) is 9.19. The van der Waals surface area contributed by atoms with Crippen LogP contribution in [0.1, 0.15) is 40.2 Å². The van der Waals surface area contributed by atoms with Crippen LogP contribution < -0.4 is 21.1 Å². The summed E-state index contributed by atoms with van der Waals surface area (Å²) in [7, 11) is 4.82. The zero-order chi connectivity index (χ0) is 27.6. The number of halogens is 4. The Hall–Kier alpha value is -3.58. The Morgan fingerprint density at radius 2 is 1.97 bits per heavy atom. The number of hydrogen-bond acceptors (Lipinski definition) is 7. The minimum Gasteiger partial charge on any atom is -0.495 e. The third kappa shape index (κ3) is 5.48. The van der Waals surface area contributed by atoms with Gasteiger partial charge in [-0.1, -0.05) is 0 Å². The van der Waals surface area contributed by atoms with Gasteiger partial charge in [-0.25, -0.2) is 9.37 Å². The molecule has 0 saturated carbocycles. The highest BCUT2D eigenvalue weighted by molar-refractivity contribution is 5.97. The molecule has 0 radical (unpaired) electrons. The van der Waals surface area contributed by atoms with Crippen molar-refractivity contribution in [2.75, 3.05) is 58.1 Å². The molecule has 0 atom stereocenters. The van der Waals surface area contributed by atoms with Crippen LogP contribution in [0.25, 0.3) is 11.0 Å². The number of aromatic nitrogens is 2. The molecule has 206 valence electrons. The molecule has 1 amide bonds. The Kier molecular flexibility index (Phi) is 7.97. The van der Waals surface area contributed by atoms with E-state index < -0.39 is 23.5 Å². The number of fused-ring (bicyclic) bond motifs is 1. The number of nitrogens with one attached hydrogen (secondary N) is 3. The third-order valence-electron chi connectivity index (χ3n) is 6.70. The van der Waals surface area contributed by atoms with Gasteiger partial charge in [0.05, 0.1) is 35.9 Å². The van der Waals surface area contributed by atoms with Crippen LogP contribution in [0.2, 0.25) is 0 Å². The number of benzene rings is 1. The van der Waals surface area contributed by atoms with Crippen LogP contribution in [0.5, 0.6) is 5.75 Å². The monoisotopic (exact) mass is 538 g/mol. The Balaban J connectivity index is 1.85. The van der Waals surface area contributed by atoms with Crippen molar-refractivity contribution in [3.8, 4) is 5.75 Å². The summed E-state index contributed by atoms with van der Waals surface area (Å²) in [5.41, 5.74) is 4.89. The number of pyridine rings is 1. The minimum absolute atomic E-state index is 0.0173. The van der Waals surface area contributed by atoms with Gasteiger partial charge in [-0.2, -0.15) is 13.2 Å². The van der Waals surface area contributed by atoms with Crippen molar-refractivity contribution < 1.29 is 31.8 Å². The van der Waals surface area contributed by atoms with E-state index in [4.69, 9.17) is 15.2 Å². The van der Waals surface area contributed by atoms with Crippen molar-refractivity contribution in [2.45, 2.75) is 24.9 Å². The predicted octanol–water partition coefficient (Wildman–Crippen LogP) is 4.44. The van der Waals surface area contributed by atoms with Crippen LogP contribution in [0.4, 0.5) is 34.8 Å². The fraction of sp³-hybridized carbons (Fsp3) is 0.440. The molecule has 4 rings (SSSR count). The van der Waals surface area contributed by atoms with E-state index in [1.165, 1.54) is 26.4 Å². The number of carbonyl (C=O) groups excluding carboxylic acids is 1. The number of nitrogens with two attached hydrogens (primary N) is 1. The van der Waals surface area contributed by atoms with E-state index in [1.54, 1.807) is 0 Å². The van der Waals surface area contributed by atoms with Gasteiger partial charge in [-0.3, -0.25) is 4.79 Å². The summed E-state index contributed by atoms with van der Waals surface area (Å²) in [4.78, 5) is 21.1. The SMILES string of the molecule is COCCNc1cc(Nc2c(OC)cc(C(N)=O)c(F)c2C2CCN(C)CC2)nc2[nH]cc(C(F)(F)F)c12. The van der Waals surface area contributed by atoms with Crippen molar-refractivity contribution in [1.29, 1.82) is 0 Å². The first kappa shape index (κ1) is 27.5. The minimum atomic E-state index is -4.61. The Labute approximate surface area is 216 Å². The average molecular weight is 539 g/mol. The largest absolute Gasteiger partial charge is 0.495 e. The smallest absolute Gasteiger partial charge is 0.418 e. The van der Waals surface area contributed by atoms with Gasteiger partial charge in [-0.15, -0.1) is 0 Å². The lowest BCUT2D eigenvalue weighted by Gasteiger charge is -2.31. The normalized spacial score (nSPS) is 15.1. The number of methoxy groups -OCH3 is 2. The maximum absolute atomic E-state index is 15.8. The second-order valence-corrected chi connectivity index (χ2v) is 9.19. The van der Waals surface area contributed by atoms with Gasteiger partial charge < -0.3 is 35.7 Å². The Bertz CT molecular complexity index is 1320. The number of piperidine rings is 1. The van der Waals surface area contributed by atoms with Crippen LogP contribution in [-0.4, -0.2) is 68.3 Å². The van der Waals surface area contributed by atoms with E-state index in [0.717, 1.165) is 6.20 Å². The maximum Gasteiger partial charge on any atom is 0.418 e. The fourth-order valence-corrected chi connectivity index (χ4v) is 4.78. The maximum atomic E-state index is 15.8. The average Bonchev–Trinajstić information content (AvgIpc) is 3.30. The molecule has 1 saturated heterocycles. The Morgan fingerprint density at radius 3 is 2.58 bits per heavy atom. The highest BCUT2D eigenvalue weighted by Crippen LogP contribution is 2.44. The molecular weight excluding hydrogens is 508 g/mol. The zero-order valence-corrected chi connectivity index (χ0v) is 21.3. The molecule has 2 aromatic heterocycles. The standard InChI is InChI=1S/C25H30F4N6O3/c1-35-7-4-13(5-8-35)19-21(26)14(23(30)36)10-17(38-3)22(19)33-18-11-16(31-6-9-37-2)20-15(25(27,28)29)12-32-24(20)34-18/h10-13H,4-9H2,1-3H3,(H2,30,36)(H3,31,32,33,34). The molecule has 3 heterocycles. The molecule has 1 fully saturated rings. The molecule has 38 heavy (non-hydrogen) atoms. The van der Waals surface area contributed by atoms with E-state index in [-0.39, 0.29) is 64.2 Å². The van der Waals surface area contributed by atoms with E-state index in [2.05, 4.69) is 25.5 Å². The van der Waals surface area contributed by atoms with Gasteiger partial charge in [0.1, 0.15) is 23.0 Å². The number of nitrogens with zero attached hydrogens (tertiary/aromatic N) is 2. The highest BCUT2D eigenvalue weighted by atomic mass is 19.4. The summed E-state index contributed by atoms with van der Waals surface area (Å²) in [5.74, 6) is -1.64. The van der Waals surface area contributed by atoms with Gasteiger partial charge in [0, 0.05) is 37.2 Å². The molecule has 3 aromatic rings. The lowest BCUT2D eigenvalue weighted by atomic mass is 9.86. The number of amides is 1. The van der Waals surface area contributed by atoms with Crippen LogP contribution in [0.3, 0.4) is 0 Å². The topological polar surface area (TPSA) is 118 Å². The van der Waals surface area contributed by atoms with Crippen LogP contribution in [0.15, 0.2) is 18.3 Å². The fourth-order valence-electron chi connectivity index (χ4n) is 4.78. The summed E-state index contributed by atoms with van der Waals surface area (Å²) in [6, 6.07) is 2.63. The van der Waals surface area contributed by atoms with E-state index in [1.807, 2.05) is 7.05 Å². The number of rotatable bonds is 9. The summed E-state index contributed by atoms with van der Waals surface area (Å²) in [5, 5.41) is 5.90. The van der Waals surface area contributed by atoms with Crippen molar-refractivity contribution in [2.24, 2.45) is 5.73 Å². The van der Waals surface area contributed by atoms with Gasteiger partial charge in [0.15, 0.2) is 0 Å². The lowest BCUT2D eigenvalue weighted by molar-refractivity contribution is -0.136. The molecule has 5 N–H and O–H groups in total. The van der Waals surface area contributed by atoms with Gasteiger partial charge in [0.25, 0.3) is 5.91 Å². The third-order valence-corrected chi connectivity index (χ3v) is 6.70. The van der Waals surface area contributed by atoms with Gasteiger partial charge in [-0.05, 0) is 45.0 Å². The number of ether oxygens (including phenoxy) is 2. The number of aromatic amines is 1. The summed E-state index contributed by atoms with van der Waals surface area (Å²) in [6.45, 7) is 1.93. The molecule has 13 heteroatoms. The van der Waals surface area contributed by atoms with Gasteiger partial charge >= 0.3 is 6.18 Å². The number of H-pyrrole nitrogens is 1. The first-order valence-corrected chi connectivity index (χ1v) is 12.0. The summed E-state index contributed by atoms with van der Waals surface area (Å²) in [6.07, 6.45) is -2.51. The summed E-state index contributed by atoms with van der Waals surface area (Å²) < 4.78 is 67.3.